The molecule has 10 heavy (non-hydrogen) atoms. The number of hydrogen-bond donors (Lipinski definition) is 0. The molecule has 0 aromatic carbocycles. The van der Waals surface area contributed by atoms with E-state index in [1.807, 2.05) is 0 Å². The number of carbonyl (C=O) groups excluding carboxylic acids is 1. The number of carbonyl (C=O) groups is 1. The minimum absolute atomic E-state index is 0.0783. The zero-order chi connectivity index (χ0) is 7.98. The van der Waals surface area contributed by atoms with E-state index in [2.05, 4.69) is 0 Å². The van der Waals surface area contributed by atoms with Crippen LogP contribution in [-0.4, -0.2) is 12.5 Å². The van der Waals surface area contributed by atoms with Gasteiger partial charge in [0, 0.05) is 6.42 Å². The molecule has 0 atom stereocenters. The molecule has 0 fully saturated rings. The van der Waals surface area contributed by atoms with Crippen LogP contribution in [0.5, 0.6) is 0 Å². The van der Waals surface area contributed by atoms with Gasteiger partial charge in [-0.3, -0.25) is 4.79 Å². The van der Waals surface area contributed by atoms with Crippen molar-refractivity contribution in [3.8, 4) is 0 Å². The third-order valence-electron chi connectivity index (χ3n) is 0.871. The van der Waals surface area contributed by atoms with Crippen LogP contribution in [0.1, 0.15) is 12.8 Å². The maximum Gasteiger partial charge on any atom is 0.266 e. The van der Waals surface area contributed by atoms with Gasteiger partial charge in [-0.25, -0.2) is 4.39 Å². The zero-order valence-electron chi connectivity index (χ0n) is 5.24. The summed E-state index contributed by atoms with van der Waals surface area (Å²) in [7, 11) is 0. The molecule has 4 heteroatoms. The SMILES string of the molecule is O=C(CF)CCC=C(F)F. The van der Waals surface area contributed by atoms with Gasteiger partial charge in [-0.15, -0.1) is 0 Å². The summed E-state index contributed by atoms with van der Waals surface area (Å²) in [6.07, 6.45) is -1.45. The molecule has 0 unspecified atom stereocenters. The predicted octanol–water partition coefficient (Wildman–Crippen LogP) is 2.09. The Labute approximate surface area is 56.5 Å². The van der Waals surface area contributed by atoms with Crippen molar-refractivity contribution in [1.29, 1.82) is 0 Å². The van der Waals surface area contributed by atoms with E-state index in [0.717, 1.165) is 0 Å². The predicted molar refractivity (Wildman–Crippen MR) is 30.5 cm³/mol. The van der Waals surface area contributed by atoms with Crippen molar-refractivity contribution in [1.82, 2.24) is 0 Å². The summed E-state index contributed by atoms with van der Waals surface area (Å²) in [5, 5.41) is 0. The van der Waals surface area contributed by atoms with E-state index in [4.69, 9.17) is 0 Å². The molecule has 0 aromatic heterocycles. The highest BCUT2D eigenvalue weighted by Crippen LogP contribution is 2.01. The second kappa shape index (κ2) is 5.02. The number of hydrogen-bond acceptors (Lipinski definition) is 1. The van der Waals surface area contributed by atoms with Crippen LogP contribution in [0.15, 0.2) is 12.2 Å². The van der Waals surface area contributed by atoms with Gasteiger partial charge in [0.05, 0.1) is 0 Å². The molecule has 0 saturated carbocycles. The molecule has 0 rings (SSSR count). The molecule has 0 aromatic rings. The minimum atomic E-state index is -1.83. The van der Waals surface area contributed by atoms with Gasteiger partial charge in [-0.1, -0.05) is 0 Å². The maximum atomic E-state index is 11.4. The summed E-state index contributed by atoms with van der Waals surface area (Å²) in [6, 6.07) is 0. The van der Waals surface area contributed by atoms with Gasteiger partial charge in [0.15, 0.2) is 5.78 Å². The third-order valence-corrected chi connectivity index (χ3v) is 0.871. The highest BCUT2D eigenvalue weighted by molar-refractivity contribution is 5.79. The molecular weight excluding hydrogens is 145 g/mol. The van der Waals surface area contributed by atoms with Crippen LogP contribution < -0.4 is 0 Å². The highest BCUT2D eigenvalue weighted by atomic mass is 19.3. The molecule has 0 spiro atoms. The highest BCUT2D eigenvalue weighted by Gasteiger charge is 1.98. The van der Waals surface area contributed by atoms with Gasteiger partial charge in [0.25, 0.3) is 6.08 Å². The van der Waals surface area contributed by atoms with Crippen molar-refractivity contribution < 1.29 is 18.0 Å². The second-order valence-corrected chi connectivity index (χ2v) is 1.70. The van der Waals surface area contributed by atoms with E-state index < -0.39 is 18.5 Å². The summed E-state index contributed by atoms with van der Waals surface area (Å²) in [4.78, 5) is 10.1. The lowest BCUT2D eigenvalue weighted by atomic mass is 10.2. The Bertz CT molecular complexity index is 138. The lowest BCUT2D eigenvalue weighted by molar-refractivity contribution is -0.119. The number of rotatable bonds is 4. The second-order valence-electron chi connectivity index (χ2n) is 1.70. The standard InChI is InChI=1S/C6H7F3O/c7-4-5(10)2-1-3-6(8)9/h3H,1-2,4H2. The summed E-state index contributed by atoms with van der Waals surface area (Å²) < 4.78 is 33.8. The molecular formula is C6H7F3O. The van der Waals surface area contributed by atoms with Gasteiger partial charge in [0.1, 0.15) is 6.67 Å². The van der Waals surface area contributed by atoms with Crippen molar-refractivity contribution in [2.24, 2.45) is 0 Å². The van der Waals surface area contributed by atoms with Crippen LogP contribution in [0.25, 0.3) is 0 Å². The quantitative estimate of drug-likeness (QED) is 0.602. The lowest BCUT2D eigenvalue weighted by Crippen LogP contribution is -1.97. The number of ketones is 1. The molecule has 0 amide bonds. The summed E-state index contributed by atoms with van der Waals surface area (Å²) in [5.41, 5.74) is 0. The van der Waals surface area contributed by atoms with Crippen molar-refractivity contribution in [3.63, 3.8) is 0 Å². The number of halogens is 3. The van der Waals surface area contributed by atoms with Crippen LogP contribution in [0, 0.1) is 0 Å². The van der Waals surface area contributed by atoms with Crippen LogP contribution in [0.4, 0.5) is 13.2 Å². The van der Waals surface area contributed by atoms with E-state index in [-0.39, 0.29) is 12.8 Å². The largest absolute Gasteiger partial charge is 0.297 e. The minimum Gasteiger partial charge on any atom is -0.297 e. The van der Waals surface area contributed by atoms with E-state index >= 15 is 0 Å². The first-order valence-electron chi connectivity index (χ1n) is 2.75. The molecule has 0 saturated heterocycles. The van der Waals surface area contributed by atoms with Crippen molar-refractivity contribution >= 4 is 5.78 Å². The fourth-order valence-corrected chi connectivity index (χ4v) is 0.409. The van der Waals surface area contributed by atoms with Gasteiger partial charge in [-0.05, 0) is 12.5 Å². The molecule has 58 valence electrons. The smallest absolute Gasteiger partial charge is 0.266 e. The fourth-order valence-electron chi connectivity index (χ4n) is 0.409. The van der Waals surface area contributed by atoms with Crippen LogP contribution in [0.3, 0.4) is 0 Å². The summed E-state index contributed by atoms with van der Waals surface area (Å²) >= 11 is 0. The Morgan fingerprint density at radius 2 is 2.00 bits per heavy atom. The Hall–Kier alpha value is -0.800. The van der Waals surface area contributed by atoms with E-state index in [0.29, 0.717) is 6.08 Å². The monoisotopic (exact) mass is 152 g/mol. The van der Waals surface area contributed by atoms with Crippen LogP contribution >= 0.6 is 0 Å². The molecule has 0 aliphatic heterocycles. The molecule has 0 bridgehead atoms. The molecule has 0 radical (unpaired) electrons. The number of allylic oxidation sites excluding steroid dienone is 1. The van der Waals surface area contributed by atoms with Crippen LogP contribution in [0.2, 0.25) is 0 Å². The average molecular weight is 152 g/mol. The van der Waals surface area contributed by atoms with E-state index in [1.54, 1.807) is 0 Å². The first-order chi connectivity index (χ1) is 4.66. The Morgan fingerprint density at radius 3 is 2.40 bits per heavy atom. The fraction of sp³-hybridized carbons (Fsp3) is 0.500. The Balaban J connectivity index is 3.37. The first-order valence-corrected chi connectivity index (χ1v) is 2.75. The van der Waals surface area contributed by atoms with Gasteiger partial charge in [-0.2, -0.15) is 8.78 Å². The Kier molecular flexibility index (Phi) is 4.62. The topological polar surface area (TPSA) is 17.1 Å². The van der Waals surface area contributed by atoms with E-state index in [1.165, 1.54) is 0 Å². The average Bonchev–Trinajstić information content (AvgIpc) is 1.87. The van der Waals surface area contributed by atoms with E-state index in [9.17, 15) is 18.0 Å². The van der Waals surface area contributed by atoms with Crippen molar-refractivity contribution in [2.45, 2.75) is 12.8 Å². The van der Waals surface area contributed by atoms with Crippen molar-refractivity contribution in [2.75, 3.05) is 6.67 Å². The summed E-state index contributed by atoms with van der Waals surface area (Å²) in [6.45, 7) is -1.07. The normalized spacial score (nSPS) is 9.10. The van der Waals surface area contributed by atoms with Gasteiger partial charge < -0.3 is 0 Å². The van der Waals surface area contributed by atoms with Crippen LogP contribution in [-0.2, 0) is 4.79 Å². The maximum absolute atomic E-state index is 11.4. The lowest BCUT2D eigenvalue weighted by Gasteiger charge is -1.87. The molecule has 0 heterocycles. The van der Waals surface area contributed by atoms with Gasteiger partial charge >= 0.3 is 0 Å². The Morgan fingerprint density at radius 1 is 1.40 bits per heavy atom. The molecule has 0 aliphatic carbocycles. The van der Waals surface area contributed by atoms with Crippen molar-refractivity contribution in [3.05, 3.63) is 12.2 Å². The molecule has 0 aliphatic rings. The van der Waals surface area contributed by atoms with Gasteiger partial charge in [0.2, 0.25) is 0 Å². The zero-order valence-corrected chi connectivity index (χ0v) is 5.24. The third kappa shape index (κ3) is 5.34. The summed E-state index contributed by atoms with van der Waals surface area (Å²) in [5.74, 6) is -0.641. The number of alkyl halides is 1. The molecule has 0 N–H and O–H groups in total. The number of Topliss-reactive ketones (excluding diaryl/α,β-unsaturated/α-hetero) is 1. The molecule has 1 nitrogen and oxygen atoms in total. The first kappa shape index (κ1) is 9.20.